The highest BCUT2D eigenvalue weighted by Gasteiger charge is 2.22. The van der Waals surface area contributed by atoms with Gasteiger partial charge in [0.15, 0.2) is 5.69 Å². The fourth-order valence-electron chi connectivity index (χ4n) is 1.61. The molecule has 0 aliphatic carbocycles. The van der Waals surface area contributed by atoms with Crippen LogP contribution < -0.4 is 4.74 Å². The molecule has 0 saturated heterocycles. The molecule has 0 fully saturated rings. The van der Waals surface area contributed by atoms with Crippen LogP contribution in [0.5, 0.6) is 5.88 Å². The lowest BCUT2D eigenvalue weighted by Gasteiger charge is -2.06. The van der Waals surface area contributed by atoms with Crippen molar-refractivity contribution in [2.75, 3.05) is 14.2 Å². The molecule has 2 heterocycles. The van der Waals surface area contributed by atoms with Crippen LogP contribution in [0.1, 0.15) is 10.5 Å². The zero-order valence-corrected chi connectivity index (χ0v) is 10.2. The maximum Gasteiger partial charge on any atom is 0.357 e. The zero-order valence-electron chi connectivity index (χ0n) is 10.2. The van der Waals surface area contributed by atoms with E-state index < -0.39 is 5.97 Å². The summed E-state index contributed by atoms with van der Waals surface area (Å²) in [6.45, 7) is 0. The van der Waals surface area contributed by atoms with E-state index in [1.165, 1.54) is 37.5 Å². The fourth-order valence-corrected chi connectivity index (χ4v) is 1.61. The molecule has 2 aromatic heterocycles. The third-order valence-corrected chi connectivity index (χ3v) is 2.43. The largest absolute Gasteiger partial charge is 0.479 e. The molecule has 2 aromatic rings. The maximum absolute atomic E-state index is 11.7. The van der Waals surface area contributed by atoms with Crippen molar-refractivity contribution in [3.63, 3.8) is 0 Å². The maximum atomic E-state index is 11.7. The average molecular weight is 248 g/mol. The molecule has 0 aliphatic heterocycles. The molecule has 18 heavy (non-hydrogen) atoms. The van der Waals surface area contributed by atoms with Crippen LogP contribution in [-0.4, -0.2) is 39.9 Å². The summed E-state index contributed by atoms with van der Waals surface area (Å²) in [7, 11) is 4.45. The molecule has 0 N–H and O–H groups in total. The van der Waals surface area contributed by atoms with E-state index in [-0.39, 0.29) is 0 Å². The second-order valence-electron chi connectivity index (χ2n) is 3.44. The number of esters is 1. The lowest BCUT2D eigenvalue weighted by molar-refractivity contribution is 0.0589. The first-order chi connectivity index (χ1) is 8.69. The molecule has 0 unspecified atom stereocenters. The molecule has 0 amide bonds. The van der Waals surface area contributed by atoms with E-state index in [0.29, 0.717) is 22.8 Å². The molecule has 0 aromatic carbocycles. The quantitative estimate of drug-likeness (QED) is 0.743. The Balaban J connectivity index is 2.61. The van der Waals surface area contributed by atoms with Crippen LogP contribution in [0.15, 0.2) is 18.6 Å². The molecule has 2 rings (SSSR count). The molecular weight excluding hydrogens is 236 g/mol. The Kier molecular flexibility index (Phi) is 3.22. The minimum atomic E-state index is -0.488. The van der Waals surface area contributed by atoms with Gasteiger partial charge in [0.25, 0.3) is 0 Å². The Labute approximate surface area is 103 Å². The van der Waals surface area contributed by atoms with Crippen molar-refractivity contribution in [1.29, 1.82) is 0 Å². The van der Waals surface area contributed by atoms with Crippen molar-refractivity contribution in [3.05, 3.63) is 24.3 Å². The van der Waals surface area contributed by atoms with Gasteiger partial charge in [-0.05, 0) is 0 Å². The SMILES string of the molecule is COC(=O)c1c(-c2nccnc2OC)cnn1C. The molecule has 0 spiro atoms. The molecule has 0 bridgehead atoms. The van der Waals surface area contributed by atoms with Gasteiger partial charge in [-0.25, -0.2) is 14.8 Å². The number of hydrogen-bond acceptors (Lipinski definition) is 6. The van der Waals surface area contributed by atoms with Gasteiger partial charge in [0.05, 0.1) is 26.0 Å². The Morgan fingerprint density at radius 3 is 2.67 bits per heavy atom. The first-order valence-corrected chi connectivity index (χ1v) is 5.14. The van der Waals surface area contributed by atoms with E-state index in [1.54, 1.807) is 7.05 Å². The van der Waals surface area contributed by atoms with E-state index in [0.717, 1.165) is 0 Å². The molecule has 0 aliphatic rings. The van der Waals surface area contributed by atoms with Crippen molar-refractivity contribution >= 4 is 5.97 Å². The number of nitrogens with zero attached hydrogens (tertiary/aromatic N) is 4. The fraction of sp³-hybridized carbons (Fsp3) is 0.273. The van der Waals surface area contributed by atoms with Gasteiger partial charge in [-0.3, -0.25) is 4.68 Å². The van der Waals surface area contributed by atoms with E-state index in [1.807, 2.05) is 0 Å². The number of hydrogen-bond donors (Lipinski definition) is 0. The Hall–Kier alpha value is -2.44. The third-order valence-electron chi connectivity index (χ3n) is 2.43. The predicted molar refractivity (Wildman–Crippen MR) is 62.1 cm³/mol. The summed E-state index contributed by atoms with van der Waals surface area (Å²) in [5.41, 5.74) is 1.28. The molecule has 7 nitrogen and oxygen atoms in total. The van der Waals surface area contributed by atoms with Crippen LogP contribution in [0, 0.1) is 0 Å². The standard InChI is InChI=1S/C11H12N4O3/c1-15-9(11(16)18-3)7(6-14-15)8-10(17-2)13-5-4-12-8/h4-6H,1-3H3. The summed E-state index contributed by atoms with van der Waals surface area (Å²) in [4.78, 5) is 19.9. The molecule has 0 atom stereocenters. The first-order valence-electron chi connectivity index (χ1n) is 5.14. The highest BCUT2D eigenvalue weighted by Crippen LogP contribution is 2.28. The molecule has 94 valence electrons. The number of ether oxygens (including phenoxy) is 2. The monoisotopic (exact) mass is 248 g/mol. The number of aromatic nitrogens is 4. The van der Waals surface area contributed by atoms with Crippen molar-refractivity contribution in [2.45, 2.75) is 0 Å². The Morgan fingerprint density at radius 2 is 2.00 bits per heavy atom. The van der Waals surface area contributed by atoms with E-state index in [2.05, 4.69) is 15.1 Å². The van der Waals surface area contributed by atoms with Crippen LogP contribution in [0.2, 0.25) is 0 Å². The van der Waals surface area contributed by atoms with E-state index in [4.69, 9.17) is 9.47 Å². The number of carbonyl (C=O) groups is 1. The van der Waals surface area contributed by atoms with Gasteiger partial charge < -0.3 is 9.47 Å². The second-order valence-corrected chi connectivity index (χ2v) is 3.44. The van der Waals surface area contributed by atoms with Gasteiger partial charge in [0, 0.05) is 19.4 Å². The van der Waals surface area contributed by atoms with Crippen LogP contribution in [-0.2, 0) is 11.8 Å². The summed E-state index contributed by atoms with van der Waals surface area (Å²) in [5.74, 6) is -0.159. The van der Waals surface area contributed by atoms with E-state index >= 15 is 0 Å². The number of methoxy groups -OCH3 is 2. The minimum Gasteiger partial charge on any atom is -0.479 e. The number of rotatable bonds is 3. The average Bonchev–Trinajstić information content (AvgIpc) is 2.79. The van der Waals surface area contributed by atoms with Crippen LogP contribution in [0.3, 0.4) is 0 Å². The summed E-state index contributed by atoms with van der Waals surface area (Å²) < 4.78 is 11.3. The topological polar surface area (TPSA) is 79.1 Å². The van der Waals surface area contributed by atoms with Gasteiger partial charge in [-0.1, -0.05) is 0 Å². The summed E-state index contributed by atoms with van der Waals surface area (Å²) in [6, 6.07) is 0. The lowest BCUT2D eigenvalue weighted by Crippen LogP contribution is -2.10. The molecular formula is C11H12N4O3. The number of carbonyl (C=O) groups excluding carboxylic acids is 1. The van der Waals surface area contributed by atoms with Crippen LogP contribution in [0.4, 0.5) is 0 Å². The van der Waals surface area contributed by atoms with Crippen LogP contribution in [0.25, 0.3) is 11.3 Å². The van der Waals surface area contributed by atoms with Crippen molar-refractivity contribution in [3.8, 4) is 17.1 Å². The normalized spacial score (nSPS) is 10.2. The zero-order chi connectivity index (χ0) is 13.1. The first kappa shape index (κ1) is 12.0. The van der Waals surface area contributed by atoms with Gasteiger partial charge in [-0.15, -0.1) is 0 Å². The van der Waals surface area contributed by atoms with Gasteiger partial charge in [-0.2, -0.15) is 5.10 Å². The second kappa shape index (κ2) is 4.82. The Bertz CT molecular complexity index is 579. The van der Waals surface area contributed by atoms with Crippen LogP contribution >= 0.6 is 0 Å². The molecule has 0 radical (unpaired) electrons. The van der Waals surface area contributed by atoms with Gasteiger partial charge in [0.1, 0.15) is 5.69 Å². The van der Waals surface area contributed by atoms with E-state index in [9.17, 15) is 4.79 Å². The van der Waals surface area contributed by atoms with Crippen molar-refractivity contribution in [1.82, 2.24) is 19.7 Å². The van der Waals surface area contributed by atoms with Crippen molar-refractivity contribution in [2.24, 2.45) is 7.05 Å². The predicted octanol–water partition coefficient (Wildman–Crippen LogP) is 0.672. The molecule has 7 heteroatoms. The van der Waals surface area contributed by atoms with Gasteiger partial charge in [0.2, 0.25) is 5.88 Å². The van der Waals surface area contributed by atoms with Crippen molar-refractivity contribution < 1.29 is 14.3 Å². The Morgan fingerprint density at radius 1 is 1.28 bits per heavy atom. The summed E-state index contributed by atoms with van der Waals surface area (Å²) in [6.07, 6.45) is 4.56. The summed E-state index contributed by atoms with van der Waals surface area (Å²) >= 11 is 0. The minimum absolute atomic E-state index is 0.302. The number of aryl methyl sites for hydroxylation is 1. The lowest BCUT2D eigenvalue weighted by atomic mass is 10.2. The van der Waals surface area contributed by atoms with Gasteiger partial charge >= 0.3 is 5.97 Å². The molecule has 0 saturated carbocycles. The summed E-state index contributed by atoms with van der Waals surface area (Å²) in [5, 5.41) is 4.03. The smallest absolute Gasteiger partial charge is 0.357 e. The third kappa shape index (κ3) is 1.90. The highest BCUT2D eigenvalue weighted by molar-refractivity contribution is 5.95. The highest BCUT2D eigenvalue weighted by atomic mass is 16.5.